The first kappa shape index (κ1) is 25.1. The third-order valence-corrected chi connectivity index (χ3v) is 5.64. The molecule has 1 aromatic carbocycles. The van der Waals surface area contributed by atoms with Crippen LogP contribution in [0, 0.1) is 11.8 Å². The Morgan fingerprint density at radius 1 is 1.12 bits per heavy atom. The SMILES string of the molecule is CCCC[C@H](CN(O)C=O)C(=O)N[C@H](C(=O)Nc1ccc(-n2cccc2)cc1)C(C)CC. The van der Waals surface area contributed by atoms with Gasteiger partial charge in [0, 0.05) is 23.8 Å². The number of carbonyl (C=O) groups excluding carboxylic acids is 3. The van der Waals surface area contributed by atoms with Crippen molar-refractivity contribution in [2.75, 3.05) is 11.9 Å². The Morgan fingerprint density at radius 2 is 1.78 bits per heavy atom. The molecule has 0 saturated heterocycles. The Morgan fingerprint density at radius 3 is 2.34 bits per heavy atom. The van der Waals surface area contributed by atoms with Crippen LogP contribution in [-0.2, 0) is 14.4 Å². The first-order valence-corrected chi connectivity index (χ1v) is 11.1. The van der Waals surface area contributed by atoms with E-state index in [-0.39, 0.29) is 30.7 Å². The van der Waals surface area contributed by atoms with Crippen molar-refractivity contribution in [1.29, 1.82) is 0 Å². The van der Waals surface area contributed by atoms with Gasteiger partial charge < -0.3 is 15.2 Å². The molecule has 0 saturated carbocycles. The van der Waals surface area contributed by atoms with Gasteiger partial charge >= 0.3 is 0 Å². The zero-order valence-corrected chi connectivity index (χ0v) is 19.0. The fraction of sp³-hybridized carbons (Fsp3) is 0.458. The molecule has 0 fully saturated rings. The Balaban J connectivity index is 2.09. The molecule has 0 bridgehead atoms. The predicted molar refractivity (Wildman–Crippen MR) is 123 cm³/mol. The molecule has 3 atom stereocenters. The average molecular weight is 443 g/mol. The number of nitrogens with zero attached hydrogens (tertiary/aromatic N) is 2. The average Bonchev–Trinajstić information content (AvgIpc) is 3.34. The number of carbonyl (C=O) groups is 3. The molecule has 32 heavy (non-hydrogen) atoms. The zero-order valence-electron chi connectivity index (χ0n) is 19.0. The standard InChI is InChI=1S/C24H34N4O4/c1-4-6-9-19(16-28(32)17-29)23(30)26-22(18(3)5-2)24(31)25-20-10-12-21(13-11-20)27-14-7-8-15-27/h7-8,10-15,17-19,22,32H,4-6,9,16H2,1-3H3,(H,25,31)(H,26,30)/t18?,19-,22+/m1/s1. The number of rotatable bonds is 13. The summed E-state index contributed by atoms with van der Waals surface area (Å²) < 4.78 is 1.97. The Bertz CT molecular complexity index is 851. The van der Waals surface area contributed by atoms with Crippen LogP contribution in [0.25, 0.3) is 5.69 Å². The first-order valence-electron chi connectivity index (χ1n) is 11.1. The molecule has 0 aliphatic heterocycles. The van der Waals surface area contributed by atoms with Crippen LogP contribution in [-0.4, -0.2) is 45.6 Å². The number of hydroxylamine groups is 2. The van der Waals surface area contributed by atoms with Crippen LogP contribution in [0.1, 0.15) is 46.5 Å². The third kappa shape index (κ3) is 7.23. The molecule has 0 aliphatic carbocycles. The number of anilines is 1. The Hall–Kier alpha value is -3.13. The molecule has 0 spiro atoms. The van der Waals surface area contributed by atoms with E-state index < -0.39 is 12.0 Å². The lowest BCUT2D eigenvalue weighted by molar-refractivity contribution is -0.155. The molecule has 3 N–H and O–H groups in total. The fourth-order valence-electron chi connectivity index (χ4n) is 3.44. The number of hydrogen-bond donors (Lipinski definition) is 3. The van der Waals surface area contributed by atoms with E-state index in [1.165, 1.54) is 0 Å². The van der Waals surface area contributed by atoms with Gasteiger partial charge in [0.15, 0.2) is 0 Å². The van der Waals surface area contributed by atoms with Gasteiger partial charge in [-0.05, 0) is 48.7 Å². The maximum absolute atomic E-state index is 13.0. The smallest absolute Gasteiger partial charge is 0.247 e. The van der Waals surface area contributed by atoms with Crippen LogP contribution >= 0.6 is 0 Å². The maximum Gasteiger partial charge on any atom is 0.247 e. The molecule has 1 heterocycles. The van der Waals surface area contributed by atoms with Gasteiger partial charge in [-0.25, -0.2) is 5.06 Å². The van der Waals surface area contributed by atoms with Crippen molar-refractivity contribution in [3.63, 3.8) is 0 Å². The van der Waals surface area contributed by atoms with E-state index in [4.69, 9.17) is 0 Å². The quantitative estimate of drug-likeness (QED) is 0.250. The summed E-state index contributed by atoms with van der Waals surface area (Å²) in [4.78, 5) is 36.7. The summed E-state index contributed by atoms with van der Waals surface area (Å²) in [6.07, 6.45) is 7.03. The van der Waals surface area contributed by atoms with Crippen molar-refractivity contribution < 1.29 is 19.6 Å². The van der Waals surface area contributed by atoms with Crippen LogP contribution in [0.4, 0.5) is 5.69 Å². The van der Waals surface area contributed by atoms with E-state index in [9.17, 15) is 19.6 Å². The van der Waals surface area contributed by atoms with Crippen LogP contribution in [0.15, 0.2) is 48.8 Å². The number of unbranched alkanes of at least 4 members (excludes halogenated alkanes) is 1. The molecule has 174 valence electrons. The monoisotopic (exact) mass is 442 g/mol. The molecule has 2 rings (SSSR count). The lowest BCUT2D eigenvalue weighted by Gasteiger charge is -2.27. The summed E-state index contributed by atoms with van der Waals surface area (Å²) in [5.74, 6) is -1.33. The van der Waals surface area contributed by atoms with Crippen LogP contribution in [0.2, 0.25) is 0 Å². The number of hydrogen-bond acceptors (Lipinski definition) is 4. The van der Waals surface area contributed by atoms with E-state index in [2.05, 4.69) is 10.6 Å². The van der Waals surface area contributed by atoms with Gasteiger partial charge in [-0.15, -0.1) is 0 Å². The number of amides is 3. The van der Waals surface area contributed by atoms with Crippen molar-refractivity contribution in [1.82, 2.24) is 14.9 Å². The lowest BCUT2D eigenvalue weighted by Crippen LogP contribution is -2.50. The van der Waals surface area contributed by atoms with Gasteiger partial charge in [0.05, 0.1) is 12.5 Å². The summed E-state index contributed by atoms with van der Waals surface area (Å²) in [6, 6.07) is 10.6. The van der Waals surface area contributed by atoms with E-state index in [0.717, 1.165) is 18.5 Å². The van der Waals surface area contributed by atoms with Crippen molar-refractivity contribution in [3.8, 4) is 5.69 Å². The number of nitrogens with one attached hydrogen (secondary N) is 2. The largest absolute Gasteiger partial charge is 0.344 e. The first-order chi connectivity index (χ1) is 15.4. The summed E-state index contributed by atoms with van der Waals surface area (Å²) in [7, 11) is 0. The van der Waals surface area contributed by atoms with Gasteiger partial charge in [-0.2, -0.15) is 0 Å². The van der Waals surface area contributed by atoms with Gasteiger partial charge in [0.2, 0.25) is 18.2 Å². The number of aromatic nitrogens is 1. The molecule has 1 aromatic heterocycles. The molecule has 1 unspecified atom stereocenters. The highest BCUT2D eigenvalue weighted by molar-refractivity contribution is 5.97. The topological polar surface area (TPSA) is 104 Å². The Labute approximate surface area is 189 Å². The highest BCUT2D eigenvalue weighted by Crippen LogP contribution is 2.17. The highest BCUT2D eigenvalue weighted by Gasteiger charge is 2.29. The second kappa shape index (κ2) is 12.7. The molecule has 2 aromatic rings. The normalized spacial score (nSPS) is 13.6. The second-order valence-corrected chi connectivity index (χ2v) is 8.06. The molecule has 8 heteroatoms. The molecular weight excluding hydrogens is 408 g/mol. The van der Waals surface area contributed by atoms with Gasteiger partial charge in [0.25, 0.3) is 0 Å². The summed E-state index contributed by atoms with van der Waals surface area (Å²) in [5.41, 5.74) is 1.61. The zero-order chi connectivity index (χ0) is 23.5. The molecule has 8 nitrogen and oxygen atoms in total. The van der Waals surface area contributed by atoms with Gasteiger partial charge in [0.1, 0.15) is 6.04 Å². The summed E-state index contributed by atoms with van der Waals surface area (Å²) >= 11 is 0. The van der Waals surface area contributed by atoms with Crippen LogP contribution in [0.5, 0.6) is 0 Å². The number of benzene rings is 1. The Kier molecular flexibility index (Phi) is 9.94. The predicted octanol–water partition coefficient (Wildman–Crippen LogP) is 3.60. The van der Waals surface area contributed by atoms with Crippen molar-refractivity contribution in [2.45, 2.75) is 52.5 Å². The van der Waals surface area contributed by atoms with Crippen LogP contribution in [0.3, 0.4) is 0 Å². The van der Waals surface area contributed by atoms with Crippen LogP contribution < -0.4 is 10.6 Å². The highest BCUT2D eigenvalue weighted by atomic mass is 16.5. The molecule has 0 aliphatic rings. The van der Waals surface area contributed by atoms with E-state index in [0.29, 0.717) is 23.6 Å². The summed E-state index contributed by atoms with van der Waals surface area (Å²) in [5, 5.41) is 15.8. The minimum absolute atomic E-state index is 0.0961. The van der Waals surface area contributed by atoms with Crippen molar-refractivity contribution in [3.05, 3.63) is 48.8 Å². The van der Waals surface area contributed by atoms with E-state index in [1.54, 1.807) is 0 Å². The fourth-order valence-corrected chi connectivity index (χ4v) is 3.44. The molecule has 0 radical (unpaired) electrons. The second-order valence-electron chi connectivity index (χ2n) is 8.06. The van der Waals surface area contributed by atoms with E-state index >= 15 is 0 Å². The summed E-state index contributed by atoms with van der Waals surface area (Å²) in [6.45, 7) is 5.76. The van der Waals surface area contributed by atoms with Crippen molar-refractivity contribution >= 4 is 23.9 Å². The van der Waals surface area contributed by atoms with Gasteiger partial charge in [-0.3, -0.25) is 19.6 Å². The van der Waals surface area contributed by atoms with E-state index in [1.807, 2.05) is 74.1 Å². The van der Waals surface area contributed by atoms with Gasteiger partial charge in [-0.1, -0.05) is 40.0 Å². The maximum atomic E-state index is 13.0. The molecular formula is C24H34N4O4. The lowest BCUT2D eigenvalue weighted by atomic mass is 9.95. The minimum Gasteiger partial charge on any atom is -0.344 e. The minimum atomic E-state index is -0.732. The molecule has 3 amide bonds. The third-order valence-electron chi connectivity index (χ3n) is 5.64. The van der Waals surface area contributed by atoms with Crippen molar-refractivity contribution in [2.24, 2.45) is 11.8 Å².